The van der Waals surface area contributed by atoms with Gasteiger partial charge in [0.05, 0.1) is 11.4 Å². The number of nitrogens with zero attached hydrogens (tertiary/aromatic N) is 2. The van der Waals surface area contributed by atoms with E-state index in [4.69, 9.17) is 9.97 Å². The molecule has 0 atom stereocenters. The van der Waals surface area contributed by atoms with Crippen molar-refractivity contribution in [2.24, 2.45) is 0 Å². The van der Waals surface area contributed by atoms with Gasteiger partial charge < -0.3 is 5.32 Å². The predicted octanol–water partition coefficient (Wildman–Crippen LogP) is 3.44. The number of rotatable bonds is 2. The molecule has 0 bridgehead atoms. The van der Waals surface area contributed by atoms with Crippen molar-refractivity contribution in [1.82, 2.24) is 15.3 Å². The minimum Gasteiger partial charge on any atom is -0.312 e. The molecule has 1 aliphatic heterocycles. The van der Waals surface area contributed by atoms with E-state index in [1.807, 2.05) is 0 Å². The molecular formula is C17H25N3. The zero-order valence-corrected chi connectivity index (χ0v) is 12.3. The van der Waals surface area contributed by atoms with E-state index in [2.05, 4.69) is 5.32 Å². The largest absolute Gasteiger partial charge is 0.312 e. The maximum atomic E-state index is 5.08. The third kappa shape index (κ3) is 2.26. The van der Waals surface area contributed by atoms with Gasteiger partial charge in [0.2, 0.25) is 0 Å². The van der Waals surface area contributed by atoms with Crippen molar-refractivity contribution in [2.75, 3.05) is 6.54 Å². The molecule has 3 nitrogen and oxygen atoms in total. The lowest BCUT2D eigenvalue weighted by atomic mass is 9.80. The van der Waals surface area contributed by atoms with Crippen molar-refractivity contribution in [2.45, 2.75) is 76.2 Å². The maximum absolute atomic E-state index is 5.08. The molecule has 0 amide bonds. The van der Waals surface area contributed by atoms with Crippen molar-refractivity contribution in [3.05, 3.63) is 22.8 Å². The molecule has 2 fully saturated rings. The van der Waals surface area contributed by atoms with Crippen LogP contribution < -0.4 is 5.32 Å². The Kier molecular flexibility index (Phi) is 3.47. The average Bonchev–Trinajstić information content (AvgIpc) is 2.46. The fourth-order valence-corrected chi connectivity index (χ4v) is 3.95. The van der Waals surface area contributed by atoms with Crippen LogP contribution >= 0.6 is 0 Å². The second kappa shape index (κ2) is 5.44. The van der Waals surface area contributed by atoms with Crippen LogP contribution in [0.25, 0.3) is 0 Å². The summed E-state index contributed by atoms with van der Waals surface area (Å²) in [5, 5.41) is 3.50. The Labute approximate surface area is 121 Å². The smallest absolute Gasteiger partial charge is 0.131 e. The van der Waals surface area contributed by atoms with Gasteiger partial charge in [-0.1, -0.05) is 25.7 Å². The Morgan fingerprint density at radius 1 is 0.850 bits per heavy atom. The summed E-state index contributed by atoms with van der Waals surface area (Å²) in [4.78, 5) is 10.1. The molecule has 108 valence electrons. The van der Waals surface area contributed by atoms with Crippen molar-refractivity contribution < 1.29 is 0 Å². The highest BCUT2D eigenvalue weighted by atomic mass is 15.0. The van der Waals surface area contributed by atoms with Crippen LogP contribution in [0.5, 0.6) is 0 Å². The van der Waals surface area contributed by atoms with Gasteiger partial charge >= 0.3 is 0 Å². The summed E-state index contributed by atoms with van der Waals surface area (Å²) in [5.74, 6) is 2.56. The first-order chi connectivity index (χ1) is 9.92. The van der Waals surface area contributed by atoms with Crippen LogP contribution in [0.3, 0.4) is 0 Å². The predicted molar refractivity (Wildman–Crippen MR) is 79.9 cm³/mol. The molecule has 20 heavy (non-hydrogen) atoms. The van der Waals surface area contributed by atoms with Crippen molar-refractivity contribution in [3.63, 3.8) is 0 Å². The number of aromatic nitrogens is 2. The molecule has 1 N–H and O–H groups in total. The van der Waals surface area contributed by atoms with E-state index in [1.54, 1.807) is 0 Å². The molecule has 0 spiro atoms. The van der Waals surface area contributed by atoms with E-state index >= 15 is 0 Å². The first-order valence-electron chi connectivity index (χ1n) is 8.52. The summed E-state index contributed by atoms with van der Waals surface area (Å²) < 4.78 is 0. The zero-order chi connectivity index (χ0) is 13.4. The normalized spacial score (nSPS) is 24.2. The fraction of sp³-hybridized carbons (Fsp3) is 0.765. The minimum atomic E-state index is 0.641. The Morgan fingerprint density at radius 2 is 1.65 bits per heavy atom. The molecule has 1 aromatic heterocycles. The molecule has 4 rings (SSSR count). The van der Waals surface area contributed by atoms with Gasteiger partial charge in [-0.05, 0) is 25.7 Å². The van der Waals surface area contributed by atoms with E-state index in [1.165, 1.54) is 74.1 Å². The van der Waals surface area contributed by atoms with Gasteiger partial charge in [-0.25, -0.2) is 9.97 Å². The second-order valence-electron chi connectivity index (χ2n) is 6.78. The van der Waals surface area contributed by atoms with Gasteiger partial charge in [0.1, 0.15) is 5.82 Å². The molecule has 1 aromatic rings. The van der Waals surface area contributed by atoms with E-state index < -0.39 is 0 Å². The van der Waals surface area contributed by atoms with Crippen LogP contribution in [0.2, 0.25) is 0 Å². The molecule has 2 saturated carbocycles. The summed E-state index contributed by atoms with van der Waals surface area (Å²) in [6, 6.07) is 0. The van der Waals surface area contributed by atoms with Gasteiger partial charge in [-0.15, -0.1) is 0 Å². The lowest BCUT2D eigenvalue weighted by Gasteiger charge is -2.31. The quantitative estimate of drug-likeness (QED) is 0.895. The van der Waals surface area contributed by atoms with Gasteiger partial charge in [0, 0.05) is 36.9 Å². The number of hydrogen-bond donors (Lipinski definition) is 1. The average molecular weight is 271 g/mol. The highest BCUT2D eigenvalue weighted by Crippen LogP contribution is 2.39. The van der Waals surface area contributed by atoms with E-state index in [-0.39, 0.29) is 0 Å². The molecule has 0 aromatic carbocycles. The highest BCUT2D eigenvalue weighted by molar-refractivity contribution is 5.32. The highest BCUT2D eigenvalue weighted by Gasteiger charge is 2.29. The first kappa shape index (κ1) is 12.8. The van der Waals surface area contributed by atoms with E-state index in [9.17, 15) is 0 Å². The van der Waals surface area contributed by atoms with Gasteiger partial charge in [-0.2, -0.15) is 0 Å². The number of nitrogens with one attached hydrogen (secondary N) is 1. The summed E-state index contributed by atoms with van der Waals surface area (Å²) in [7, 11) is 0. The van der Waals surface area contributed by atoms with Crippen molar-refractivity contribution in [3.8, 4) is 0 Å². The summed E-state index contributed by atoms with van der Waals surface area (Å²) in [6.45, 7) is 2.07. The Hall–Kier alpha value is -0.960. The number of fused-ring (bicyclic) bond motifs is 1. The molecule has 0 radical (unpaired) electrons. The molecule has 2 heterocycles. The molecule has 0 saturated heterocycles. The summed E-state index contributed by atoms with van der Waals surface area (Å²) in [6.07, 6.45) is 11.9. The van der Waals surface area contributed by atoms with Gasteiger partial charge in [-0.3, -0.25) is 0 Å². The Bertz CT molecular complexity index is 487. The van der Waals surface area contributed by atoms with Crippen molar-refractivity contribution >= 4 is 0 Å². The zero-order valence-electron chi connectivity index (χ0n) is 12.3. The van der Waals surface area contributed by atoms with Crippen LogP contribution in [0.15, 0.2) is 0 Å². The Balaban J connectivity index is 1.71. The van der Waals surface area contributed by atoms with Crippen LogP contribution in [0, 0.1) is 0 Å². The van der Waals surface area contributed by atoms with Crippen LogP contribution in [0.4, 0.5) is 0 Å². The molecule has 3 aliphatic rings. The van der Waals surface area contributed by atoms with E-state index in [0.717, 1.165) is 25.4 Å². The third-order valence-corrected chi connectivity index (χ3v) is 5.44. The monoisotopic (exact) mass is 271 g/mol. The lowest BCUT2D eigenvalue weighted by molar-refractivity contribution is 0.391. The molecule has 0 unspecified atom stereocenters. The number of hydrogen-bond acceptors (Lipinski definition) is 3. The van der Waals surface area contributed by atoms with Gasteiger partial charge in [0.15, 0.2) is 0 Å². The van der Waals surface area contributed by atoms with Crippen molar-refractivity contribution in [1.29, 1.82) is 0 Å². The molecule has 2 aliphatic carbocycles. The topological polar surface area (TPSA) is 37.8 Å². The lowest BCUT2D eigenvalue weighted by Crippen LogP contribution is -2.29. The fourth-order valence-electron chi connectivity index (χ4n) is 3.95. The second-order valence-corrected chi connectivity index (χ2v) is 6.78. The Morgan fingerprint density at radius 3 is 2.40 bits per heavy atom. The SMILES string of the molecule is C1CCC(c2nc3c(c(C4CCC4)n2)CNCC3)CC1. The standard InChI is InChI=1S/C17H25N3/c1-2-5-13(6-3-1)17-19-15-9-10-18-11-14(15)16(20-17)12-7-4-8-12/h12-13,18H,1-11H2. The summed E-state index contributed by atoms with van der Waals surface area (Å²) >= 11 is 0. The summed E-state index contributed by atoms with van der Waals surface area (Å²) in [5.41, 5.74) is 4.22. The van der Waals surface area contributed by atoms with Crippen LogP contribution in [-0.4, -0.2) is 16.5 Å². The molecule has 3 heteroatoms. The maximum Gasteiger partial charge on any atom is 0.131 e. The molecular weight excluding hydrogens is 246 g/mol. The van der Waals surface area contributed by atoms with Crippen LogP contribution in [-0.2, 0) is 13.0 Å². The first-order valence-corrected chi connectivity index (χ1v) is 8.52. The minimum absolute atomic E-state index is 0.641. The van der Waals surface area contributed by atoms with E-state index in [0.29, 0.717) is 5.92 Å². The third-order valence-electron chi connectivity index (χ3n) is 5.44. The van der Waals surface area contributed by atoms with Crippen LogP contribution in [0.1, 0.15) is 86.0 Å². The van der Waals surface area contributed by atoms with Gasteiger partial charge in [0.25, 0.3) is 0 Å².